The lowest BCUT2D eigenvalue weighted by molar-refractivity contribution is -0.274. The number of pyridine rings is 1. The van der Waals surface area contributed by atoms with E-state index in [9.17, 15) is 13.2 Å². The first-order valence-corrected chi connectivity index (χ1v) is 7.32. The average Bonchev–Trinajstić information content (AvgIpc) is 3.22. The third-order valence-electron chi connectivity index (χ3n) is 3.76. The highest BCUT2D eigenvalue weighted by atomic mass is 19.4. The number of fused-ring (bicyclic) bond motifs is 1. The maximum atomic E-state index is 12.2. The van der Waals surface area contributed by atoms with Crippen molar-refractivity contribution < 1.29 is 17.9 Å². The molecule has 4 aromatic rings. The molecular formula is C17H11F3N4O. The van der Waals surface area contributed by atoms with Crippen molar-refractivity contribution in [1.29, 1.82) is 0 Å². The van der Waals surface area contributed by atoms with Crippen LogP contribution in [0.1, 0.15) is 0 Å². The van der Waals surface area contributed by atoms with E-state index in [1.807, 2.05) is 12.3 Å². The summed E-state index contributed by atoms with van der Waals surface area (Å²) in [4.78, 5) is 7.46. The van der Waals surface area contributed by atoms with Gasteiger partial charge in [-0.3, -0.25) is 5.10 Å². The summed E-state index contributed by atoms with van der Waals surface area (Å²) in [6.07, 6.45) is 2.29. The quantitative estimate of drug-likeness (QED) is 0.574. The molecule has 8 heteroatoms. The van der Waals surface area contributed by atoms with Crippen LogP contribution in [0.25, 0.3) is 33.3 Å². The van der Waals surface area contributed by atoms with Crippen molar-refractivity contribution >= 4 is 11.0 Å². The predicted octanol–water partition coefficient (Wildman–Crippen LogP) is 4.52. The van der Waals surface area contributed by atoms with Crippen LogP contribution in [0.2, 0.25) is 0 Å². The van der Waals surface area contributed by atoms with Gasteiger partial charge in [-0.15, -0.1) is 13.2 Å². The van der Waals surface area contributed by atoms with E-state index < -0.39 is 6.36 Å². The Morgan fingerprint density at radius 1 is 0.920 bits per heavy atom. The number of hydrogen-bond acceptors (Lipinski definition) is 3. The minimum Gasteiger partial charge on any atom is -0.406 e. The summed E-state index contributed by atoms with van der Waals surface area (Å²) in [5.41, 5.74) is 4.10. The Balaban J connectivity index is 1.71. The van der Waals surface area contributed by atoms with E-state index in [2.05, 4.69) is 24.9 Å². The van der Waals surface area contributed by atoms with Crippen LogP contribution < -0.4 is 4.74 Å². The molecule has 2 N–H and O–H groups in total. The van der Waals surface area contributed by atoms with Gasteiger partial charge in [-0.1, -0.05) is 12.1 Å². The van der Waals surface area contributed by atoms with E-state index in [1.54, 1.807) is 30.7 Å². The molecular weight excluding hydrogens is 333 g/mol. The maximum Gasteiger partial charge on any atom is 0.573 e. The second-order valence-corrected chi connectivity index (χ2v) is 5.38. The molecule has 3 heterocycles. The fourth-order valence-electron chi connectivity index (χ4n) is 2.65. The number of nitrogens with zero attached hydrogens (tertiary/aromatic N) is 2. The largest absolute Gasteiger partial charge is 0.573 e. The van der Waals surface area contributed by atoms with Gasteiger partial charge >= 0.3 is 6.36 Å². The Morgan fingerprint density at radius 2 is 1.72 bits per heavy atom. The van der Waals surface area contributed by atoms with Gasteiger partial charge in [0.15, 0.2) is 0 Å². The molecule has 0 spiro atoms. The van der Waals surface area contributed by atoms with Gasteiger partial charge in [0, 0.05) is 40.7 Å². The van der Waals surface area contributed by atoms with Crippen molar-refractivity contribution in [1.82, 2.24) is 20.2 Å². The molecule has 25 heavy (non-hydrogen) atoms. The topological polar surface area (TPSA) is 66.6 Å². The summed E-state index contributed by atoms with van der Waals surface area (Å²) in [5, 5.41) is 7.60. The molecule has 0 fully saturated rings. The number of benzene rings is 1. The molecule has 126 valence electrons. The Morgan fingerprint density at radius 3 is 2.40 bits per heavy atom. The fraction of sp³-hybridized carbons (Fsp3) is 0.0588. The summed E-state index contributed by atoms with van der Waals surface area (Å²) in [6.45, 7) is 0. The molecule has 1 aromatic carbocycles. The number of hydrogen-bond donors (Lipinski definition) is 2. The molecule has 0 saturated heterocycles. The van der Waals surface area contributed by atoms with Gasteiger partial charge in [-0.25, -0.2) is 4.98 Å². The number of rotatable bonds is 3. The zero-order valence-corrected chi connectivity index (χ0v) is 12.6. The minimum absolute atomic E-state index is 0.258. The summed E-state index contributed by atoms with van der Waals surface area (Å²) in [5.74, 6) is -0.258. The van der Waals surface area contributed by atoms with Gasteiger partial charge in [0.05, 0.1) is 6.20 Å². The van der Waals surface area contributed by atoms with Crippen molar-refractivity contribution in [3.05, 3.63) is 55.1 Å². The molecule has 0 amide bonds. The van der Waals surface area contributed by atoms with Crippen LogP contribution >= 0.6 is 0 Å². The first-order valence-electron chi connectivity index (χ1n) is 7.32. The zero-order valence-electron chi connectivity index (χ0n) is 12.6. The minimum atomic E-state index is -4.70. The highest BCUT2D eigenvalue weighted by Gasteiger charge is 2.30. The number of H-pyrrole nitrogens is 2. The third kappa shape index (κ3) is 3.06. The molecule has 0 aliphatic rings. The first kappa shape index (κ1) is 15.3. The summed E-state index contributed by atoms with van der Waals surface area (Å²) < 4.78 is 40.6. The van der Waals surface area contributed by atoms with Gasteiger partial charge in [-0.2, -0.15) is 5.10 Å². The van der Waals surface area contributed by atoms with Crippen LogP contribution in [0.4, 0.5) is 13.2 Å². The van der Waals surface area contributed by atoms with Gasteiger partial charge in [0.25, 0.3) is 0 Å². The van der Waals surface area contributed by atoms with E-state index >= 15 is 0 Å². The molecule has 4 rings (SSSR count). The van der Waals surface area contributed by atoms with Crippen LogP contribution in [0.5, 0.6) is 5.75 Å². The van der Waals surface area contributed by atoms with Gasteiger partial charge in [0.1, 0.15) is 11.4 Å². The molecule has 5 nitrogen and oxygen atoms in total. The van der Waals surface area contributed by atoms with Gasteiger partial charge in [-0.05, 0) is 23.8 Å². The number of nitrogens with one attached hydrogen (secondary N) is 2. The van der Waals surface area contributed by atoms with Crippen molar-refractivity contribution in [2.45, 2.75) is 6.36 Å². The van der Waals surface area contributed by atoms with Crippen molar-refractivity contribution in [3.8, 4) is 28.0 Å². The zero-order chi connectivity index (χ0) is 17.4. The van der Waals surface area contributed by atoms with Gasteiger partial charge < -0.3 is 9.72 Å². The summed E-state index contributed by atoms with van der Waals surface area (Å²) in [6, 6.07) is 7.62. The Hall–Kier alpha value is -3.29. The number of aromatic amines is 2. The molecule has 0 radical (unpaired) electrons. The average molecular weight is 344 g/mol. The van der Waals surface area contributed by atoms with E-state index in [-0.39, 0.29) is 5.75 Å². The van der Waals surface area contributed by atoms with Crippen LogP contribution in [-0.4, -0.2) is 26.5 Å². The monoisotopic (exact) mass is 344 g/mol. The number of aromatic nitrogens is 4. The maximum absolute atomic E-state index is 12.2. The van der Waals surface area contributed by atoms with Crippen molar-refractivity contribution in [3.63, 3.8) is 0 Å². The second-order valence-electron chi connectivity index (χ2n) is 5.38. The SMILES string of the molecule is FC(F)(F)Oc1ccc(-c2cnc3[nH]cc(-c4cn[nH]c4)c3c2)cc1. The van der Waals surface area contributed by atoms with E-state index in [0.29, 0.717) is 0 Å². The normalized spacial score (nSPS) is 11.8. The lowest BCUT2D eigenvalue weighted by Crippen LogP contribution is -2.16. The number of ether oxygens (including phenoxy) is 1. The molecule has 0 atom stereocenters. The van der Waals surface area contributed by atoms with E-state index in [1.165, 1.54) is 12.1 Å². The Kier molecular flexibility index (Phi) is 3.45. The molecule has 0 saturated carbocycles. The predicted molar refractivity (Wildman–Crippen MR) is 85.8 cm³/mol. The molecule has 0 bridgehead atoms. The Bertz CT molecular complexity index is 1000. The van der Waals surface area contributed by atoms with Crippen molar-refractivity contribution in [2.24, 2.45) is 0 Å². The highest BCUT2D eigenvalue weighted by Crippen LogP contribution is 2.31. The van der Waals surface area contributed by atoms with E-state index in [0.717, 1.165) is 33.3 Å². The van der Waals surface area contributed by atoms with Crippen molar-refractivity contribution in [2.75, 3.05) is 0 Å². The standard InChI is InChI=1S/C17H11F3N4O/c18-17(19,20)25-13-3-1-10(2-4-13)11-5-14-15(12-7-23-24-8-12)9-22-16(14)21-6-11/h1-9H,(H,21,22)(H,23,24). The third-order valence-corrected chi connectivity index (χ3v) is 3.76. The first-order chi connectivity index (χ1) is 12.0. The highest BCUT2D eigenvalue weighted by molar-refractivity contribution is 5.95. The molecule has 0 aliphatic carbocycles. The van der Waals surface area contributed by atoms with E-state index in [4.69, 9.17) is 0 Å². The second kappa shape index (κ2) is 5.66. The van der Waals surface area contributed by atoms with Crippen LogP contribution in [0.15, 0.2) is 55.1 Å². The number of halogens is 3. The molecule has 0 aliphatic heterocycles. The van der Waals surface area contributed by atoms with Gasteiger partial charge in [0.2, 0.25) is 0 Å². The van der Waals surface area contributed by atoms with Crippen LogP contribution in [0, 0.1) is 0 Å². The lowest BCUT2D eigenvalue weighted by Gasteiger charge is -2.09. The number of alkyl halides is 3. The van der Waals surface area contributed by atoms with Crippen LogP contribution in [0.3, 0.4) is 0 Å². The molecule has 0 unspecified atom stereocenters. The fourth-order valence-corrected chi connectivity index (χ4v) is 2.65. The lowest BCUT2D eigenvalue weighted by atomic mass is 10.0. The summed E-state index contributed by atoms with van der Waals surface area (Å²) >= 11 is 0. The molecule has 3 aromatic heterocycles. The summed E-state index contributed by atoms with van der Waals surface area (Å²) in [7, 11) is 0. The Labute approximate surface area is 139 Å². The van der Waals surface area contributed by atoms with Crippen LogP contribution in [-0.2, 0) is 0 Å². The smallest absolute Gasteiger partial charge is 0.406 e.